The summed E-state index contributed by atoms with van der Waals surface area (Å²) in [5.74, 6) is 0. The van der Waals surface area contributed by atoms with Crippen molar-refractivity contribution in [2.75, 3.05) is 0 Å². The average molecular weight is 415 g/mol. The summed E-state index contributed by atoms with van der Waals surface area (Å²) in [4.78, 5) is 0. The van der Waals surface area contributed by atoms with E-state index in [2.05, 4.69) is 6.92 Å². The first kappa shape index (κ1) is 30.1. The van der Waals surface area contributed by atoms with E-state index < -0.39 is 21.5 Å². The maximum Gasteiger partial charge on any atom is 1.00 e. The molecule has 0 aliphatic heterocycles. The first-order valence-electron chi connectivity index (χ1n) is 11.1. The van der Waals surface area contributed by atoms with Crippen LogP contribution in [0.4, 0.5) is 0 Å². The van der Waals surface area contributed by atoms with E-state index in [0.717, 1.165) is 25.7 Å². The molecular formula is C21H43NaO4S. The Morgan fingerprint density at radius 1 is 0.667 bits per heavy atom. The topological polar surface area (TPSA) is 77.4 Å². The zero-order valence-corrected chi connectivity index (χ0v) is 21.1. The average Bonchev–Trinajstić information content (AvgIpc) is 2.59. The Bertz CT molecular complexity index is 401. The van der Waals surface area contributed by atoms with Crippen LogP contribution in [0.3, 0.4) is 0 Å². The van der Waals surface area contributed by atoms with Crippen LogP contribution in [0.2, 0.25) is 0 Å². The monoisotopic (exact) mass is 414 g/mol. The van der Waals surface area contributed by atoms with Gasteiger partial charge in [-0.3, -0.25) is 0 Å². The molecule has 0 aromatic carbocycles. The van der Waals surface area contributed by atoms with Crippen LogP contribution in [0.5, 0.6) is 0 Å². The SMILES string of the molecule is CCCCCCCCCCCCCCCC(C(O)CCCC)S(=O)(=O)[O-].[Na+]. The fourth-order valence-corrected chi connectivity index (χ4v) is 4.47. The summed E-state index contributed by atoms with van der Waals surface area (Å²) in [7, 11) is -4.41. The summed E-state index contributed by atoms with van der Waals surface area (Å²) in [5, 5.41) is 8.86. The van der Waals surface area contributed by atoms with Gasteiger partial charge in [-0.2, -0.15) is 0 Å². The van der Waals surface area contributed by atoms with Gasteiger partial charge >= 0.3 is 29.6 Å². The van der Waals surface area contributed by atoms with Gasteiger partial charge in [0.1, 0.15) is 10.1 Å². The predicted octanol–water partition coefficient (Wildman–Crippen LogP) is 2.94. The quantitative estimate of drug-likeness (QED) is 0.200. The van der Waals surface area contributed by atoms with Crippen LogP contribution in [0.1, 0.15) is 123 Å². The van der Waals surface area contributed by atoms with Gasteiger partial charge in [0.05, 0.1) is 11.4 Å². The normalized spacial score (nSPS) is 13.9. The van der Waals surface area contributed by atoms with Gasteiger partial charge in [0, 0.05) is 0 Å². The molecule has 1 N–H and O–H groups in total. The van der Waals surface area contributed by atoms with Crippen molar-refractivity contribution < 1.29 is 47.6 Å². The molecule has 0 rings (SSSR count). The third kappa shape index (κ3) is 18.6. The van der Waals surface area contributed by atoms with Crippen molar-refractivity contribution in [1.29, 1.82) is 0 Å². The number of hydrogen-bond acceptors (Lipinski definition) is 4. The molecule has 27 heavy (non-hydrogen) atoms. The predicted molar refractivity (Wildman–Crippen MR) is 109 cm³/mol. The zero-order valence-electron chi connectivity index (χ0n) is 18.3. The Labute approximate surface area is 191 Å². The van der Waals surface area contributed by atoms with E-state index in [4.69, 9.17) is 0 Å². The van der Waals surface area contributed by atoms with Crippen molar-refractivity contribution >= 4 is 10.1 Å². The second-order valence-corrected chi connectivity index (χ2v) is 9.36. The van der Waals surface area contributed by atoms with Gasteiger partial charge in [-0.15, -0.1) is 0 Å². The molecule has 2 unspecified atom stereocenters. The van der Waals surface area contributed by atoms with Crippen LogP contribution in [0.15, 0.2) is 0 Å². The van der Waals surface area contributed by atoms with Crippen molar-refractivity contribution in [2.45, 2.75) is 134 Å². The summed E-state index contributed by atoms with van der Waals surface area (Å²) >= 11 is 0. The molecule has 6 heteroatoms. The molecule has 0 fully saturated rings. The fraction of sp³-hybridized carbons (Fsp3) is 1.00. The molecule has 4 nitrogen and oxygen atoms in total. The van der Waals surface area contributed by atoms with Crippen LogP contribution >= 0.6 is 0 Å². The van der Waals surface area contributed by atoms with E-state index in [1.807, 2.05) is 6.92 Å². The number of unbranched alkanes of at least 4 members (excludes halogenated alkanes) is 13. The van der Waals surface area contributed by atoms with Crippen LogP contribution in [-0.2, 0) is 10.1 Å². The standard InChI is InChI=1S/C21H44O4S.Na/c1-3-5-7-8-9-10-11-12-13-14-15-16-17-19-21(26(23,24)25)20(22)18-6-4-2;/h20-22H,3-19H2,1-2H3,(H,23,24,25);/q;+1/p-1. The maximum absolute atomic E-state index is 11.4. The molecule has 0 aromatic rings. The zero-order chi connectivity index (χ0) is 19.7. The Morgan fingerprint density at radius 3 is 1.41 bits per heavy atom. The van der Waals surface area contributed by atoms with Gasteiger partial charge in [-0.1, -0.05) is 110 Å². The molecule has 0 saturated heterocycles. The summed E-state index contributed by atoms with van der Waals surface area (Å²) < 4.78 is 34.1. The second-order valence-electron chi connectivity index (χ2n) is 7.77. The van der Waals surface area contributed by atoms with Crippen LogP contribution in [0.25, 0.3) is 0 Å². The molecule has 0 bridgehead atoms. The van der Waals surface area contributed by atoms with E-state index in [1.54, 1.807) is 0 Å². The van der Waals surface area contributed by atoms with Gasteiger partial charge in [0.25, 0.3) is 0 Å². The third-order valence-electron chi connectivity index (χ3n) is 5.25. The van der Waals surface area contributed by atoms with Crippen LogP contribution in [-0.4, -0.2) is 29.4 Å². The largest absolute Gasteiger partial charge is 1.00 e. The summed E-state index contributed by atoms with van der Waals surface area (Å²) in [5.41, 5.74) is 0. The molecule has 0 heterocycles. The van der Waals surface area contributed by atoms with E-state index in [0.29, 0.717) is 19.3 Å². The molecule has 158 valence electrons. The summed E-state index contributed by atoms with van der Waals surface area (Å²) in [6.45, 7) is 4.23. The first-order chi connectivity index (χ1) is 12.4. The van der Waals surface area contributed by atoms with Crippen molar-refractivity contribution in [2.24, 2.45) is 0 Å². The molecule has 0 saturated carbocycles. The Balaban J connectivity index is 0. The number of aliphatic hydroxyl groups is 1. The van der Waals surface area contributed by atoms with E-state index in [9.17, 15) is 18.1 Å². The van der Waals surface area contributed by atoms with Gasteiger partial charge < -0.3 is 9.66 Å². The Morgan fingerprint density at radius 2 is 1.04 bits per heavy atom. The van der Waals surface area contributed by atoms with Crippen molar-refractivity contribution in [3.8, 4) is 0 Å². The van der Waals surface area contributed by atoms with E-state index in [-0.39, 0.29) is 29.6 Å². The smallest absolute Gasteiger partial charge is 0.748 e. The van der Waals surface area contributed by atoms with Gasteiger partial charge in [0.15, 0.2) is 0 Å². The molecule has 2 atom stereocenters. The van der Waals surface area contributed by atoms with Crippen LogP contribution in [0, 0.1) is 0 Å². The molecule has 0 spiro atoms. The molecule has 0 radical (unpaired) electrons. The molecule has 0 aliphatic carbocycles. The molecule has 0 aromatic heterocycles. The minimum Gasteiger partial charge on any atom is -0.748 e. The third-order valence-corrected chi connectivity index (χ3v) is 6.54. The van der Waals surface area contributed by atoms with E-state index in [1.165, 1.54) is 64.2 Å². The first-order valence-corrected chi connectivity index (χ1v) is 12.5. The van der Waals surface area contributed by atoms with Gasteiger partial charge in [0.2, 0.25) is 0 Å². The number of hydrogen-bond donors (Lipinski definition) is 1. The molecular weight excluding hydrogens is 371 g/mol. The number of aliphatic hydroxyl groups excluding tert-OH is 1. The molecule has 0 amide bonds. The van der Waals surface area contributed by atoms with Gasteiger partial charge in [-0.25, -0.2) is 8.42 Å². The molecule has 0 aliphatic rings. The second kappa shape index (κ2) is 20.2. The minimum absolute atomic E-state index is 0. The summed E-state index contributed by atoms with van der Waals surface area (Å²) in [6, 6.07) is 0. The Hall–Kier alpha value is 0.870. The summed E-state index contributed by atoms with van der Waals surface area (Å²) in [6.07, 6.45) is 17.3. The van der Waals surface area contributed by atoms with E-state index >= 15 is 0 Å². The van der Waals surface area contributed by atoms with Crippen molar-refractivity contribution in [1.82, 2.24) is 0 Å². The maximum atomic E-state index is 11.4. The van der Waals surface area contributed by atoms with Crippen LogP contribution < -0.4 is 29.6 Å². The minimum atomic E-state index is -4.41. The van der Waals surface area contributed by atoms with Crippen molar-refractivity contribution in [3.05, 3.63) is 0 Å². The van der Waals surface area contributed by atoms with Gasteiger partial charge in [-0.05, 0) is 12.8 Å². The number of rotatable bonds is 19. The fourth-order valence-electron chi connectivity index (χ4n) is 3.49. The van der Waals surface area contributed by atoms with Crippen molar-refractivity contribution in [3.63, 3.8) is 0 Å². The Kier molecular flexibility index (Phi) is 22.4.